The predicted molar refractivity (Wildman–Crippen MR) is 69.2 cm³/mol. The second-order valence-corrected chi connectivity index (χ2v) is 5.68. The summed E-state index contributed by atoms with van der Waals surface area (Å²) in [7, 11) is 1.55. The Bertz CT molecular complexity index is 442. The van der Waals surface area contributed by atoms with Gasteiger partial charge in [0.2, 0.25) is 5.88 Å². The molecule has 0 saturated heterocycles. The number of hydrogen-bond acceptors (Lipinski definition) is 3. The minimum absolute atomic E-state index is 0.0627. The molecule has 1 N–H and O–H groups in total. The van der Waals surface area contributed by atoms with Crippen molar-refractivity contribution in [1.29, 1.82) is 0 Å². The average molecular weight is 254 g/mol. The minimum Gasteiger partial charge on any atom is -0.481 e. The van der Waals surface area contributed by atoms with Crippen LogP contribution in [0.1, 0.15) is 51.8 Å². The van der Waals surface area contributed by atoms with Crippen LogP contribution in [0.15, 0.2) is 0 Å². The number of aliphatic carboxylic acids is 1. The highest BCUT2D eigenvalue weighted by Crippen LogP contribution is 2.32. The summed E-state index contributed by atoms with van der Waals surface area (Å²) in [5, 5.41) is 13.5. The highest BCUT2D eigenvalue weighted by Gasteiger charge is 2.27. The Morgan fingerprint density at radius 1 is 1.44 bits per heavy atom. The summed E-state index contributed by atoms with van der Waals surface area (Å²) >= 11 is 0. The van der Waals surface area contributed by atoms with E-state index in [-0.39, 0.29) is 17.9 Å². The summed E-state index contributed by atoms with van der Waals surface area (Å²) in [5.74, 6) is -0.158. The SMILES string of the molecule is COc1c(CC(=O)O)c(C(C)C)nn1C(C)(C)C. The van der Waals surface area contributed by atoms with Crippen molar-refractivity contribution in [3.05, 3.63) is 11.3 Å². The van der Waals surface area contributed by atoms with Crippen molar-refractivity contribution < 1.29 is 14.6 Å². The zero-order chi connectivity index (χ0) is 14.1. The van der Waals surface area contributed by atoms with Gasteiger partial charge in [-0.1, -0.05) is 13.8 Å². The molecule has 0 unspecified atom stereocenters. The van der Waals surface area contributed by atoms with Crippen molar-refractivity contribution >= 4 is 5.97 Å². The van der Waals surface area contributed by atoms with Crippen LogP contribution in [0.2, 0.25) is 0 Å². The summed E-state index contributed by atoms with van der Waals surface area (Å²) in [6, 6.07) is 0. The van der Waals surface area contributed by atoms with E-state index in [1.54, 1.807) is 11.8 Å². The molecule has 0 aliphatic rings. The van der Waals surface area contributed by atoms with Gasteiger partial charge < -0.3 is 9.84 Å². The molecule has 0 spiro atoms. The van der Waals surface area contributed by atoms with Gasteiger partial charge in [-0.05, 0) is 26.7 Å². The van der Waals surface area contributed by atoms with Gasteiger partial charge in [0, 0.05) is 5.56 Å². The third-order valence-corrected chi connectivity index (χ3v) is 2.67. The van der Waals surface area contributed by atoms with Crippen molar-refractivity contribution in [3.8, 4) is 5.88 Å². The number of ether oxygens (including phenoxy) is 1. The molecule has 1 aromatic heterocycles. The Hall–Kier alpha value is -1.52. The zero-order valence-corrected chi connectivity index (χ0v) is 11.9. The molecule has 0 atom stereocenters. The van der Waals surface area contributed by atoms with Gasteiger partial charge in [0.25, 0.3) is 0 Å². The minimum atomic E-state index is -0.872. The molecule has 0 radical (unpaired) electrons. The first-order valence-corrected chi connectivity index (χ1v) is 6.06. The lowest BCUT2D eigenvalue weighted by Gasteiger charge is -2.21. The van der Waals surface area contributed by atoms with E-state index in [1.165, 1.54) is 0 Å². The monoisotopic (exact) mass is 254 g/mol. The average Bonchev–Trinajstić information content (AvgIpc) is 2.54. The van der Waals surface area contributed by atoms with Gasteiger partial charge >= 0.3 is 5.97 Å². The summed E-state index contributed by atoms with van der Waals surface area (Å²) in [6.07, 6.45) is -0.0627. The molecule has 18 heavy (non-hydrogen) atoms. The number of methoxy groups -OCH3 is 1. The van der Waals surface area contributed by atoms with Gasteiger partial charge in [-0.25, -0.2) is 4.68 Å². The number of rotatable bonds is 4. The summed E-state index contributed by atoms with van der Waals surface area (Å²) < 4.78 is 7.14. The first kappa shape index (κ1) is 14.5. The molecule has 5 heteroatoms. The van der Waals surface area contributed by atoms with Gasteiger partial charge in [-0.3, -0.25) is 4.79 Å². The van der Waals surface area contributed by atoms with E-state index in [1.807, 2.05) is 34.6 Å². The maximum Gasteiger partial charge on any atom is 0.308 e. The van der Waals surface area contributed by atoms with Crippen LogP contribution in [0.5, 0.6) is 5.88 Å². The molecule has 0 fully saturated rings. The molecular formula is C13H22N2O3. The molecule has 0 bridgehead atoms. The van der Waals surface area contributed by atoms with E-state index >= 15 is 0 Å². The lowest BCUT2D eigenvalue weighted by Crippen LogP contribution is -2.24. The molecule has 1 rings (SSSR count). The first-order chi connectivity index (χ1) is 8.18. The molecule has 5 nitrogen and oxygen atoms in total. The third kappa shape index (κ3) is 2.83. The van der Waals surface area contributed by atoms with Crippen LogP contribution in [0.3, 0.4) is 0 Å². The Balaban J connectivity index is 3.44. The molecular weight excluding hydrogens is 232 g/mol. The second-order valence-electron chi connectivity index (χ2n) is 5.68. The Labute approximate surface area is 108 Å². The quantitative estimate of drug-likeness (QED) is 0.896. The zero-order valence-electron chi connectivity index (χ0n) is 11.9. The Morgan fingerprint density at radius 3 is 2.33 bits per heavy atom. The van der Waals surface area contributed by atoms with E-state index in [0.29, 0.717) is 11.4 Å². The van der Waals surface area contributed by atoms with Gasteiger partial charge in [0.1, 0.15) is 0 Å². The molecule has 0 aromatic carbocycles. The fraction of sp³-hybridized carbons (Fsp3) is 0.692. The van der Waals surface area contributed by atoms with Crippen LogP contribution in [0.25, 0.3) is 0 Å². The number of aromatic nitrogens is 2. The van der Waals surface area contributed by atoms with E-state index in [9.17, 15) is 4.79 Å². The Morgan fingerprint density at radius 2 is 2.00 bits per heavy atom. The maximum absolute atomic E-state index is 11.0. The first-order valence-electron chi connectivity index (χ1n) is 6.06. The Kier molecular flexibility index (Phi) is 4.04. The van der Waals surface area contributed by atoms with Crippen LogP contribution in [0.4, 0.5) is 0 Å². The molecule has 0 aliphatic heterocycles. The van der Waals surface area contributed by atoms with E-state index in [0.717, 1.165) is 5.69 Å². The fourth-order valence-electron chi connectivity index (χ4n) is 1.90. The highest BCUT2D eigenvalue weighted by atomic mass is 16.5. The molecule has 0 amide bonds. The highest BCUT2D eigenvalue weighted by molar-refractivity contribution is 5.71. The number of carboxylic acid groups (broad SMARTS) is 1. The van der Waals surface area contributed by atoms with E-state index in [4.69, 9.17) is 9.84 Å². The molecule has 102 valence electrons. The largest absolute Gasteiger partial charge is 0.481 e. The van der Waals surface area contributed by atoms with Crippen LogP contribution in [-0.4, -0.2) is 28.0 Å². The van der Waals surface area contributed by atoms with Crippen LogP contribution in [-0.2, 0) is 16.8 Å². The van der Waals surface area contributed by atoms with Crippen molar-refractivity contribution in [2.75, 3.05) is 7.11 Å². The van der Waals surface area contributed by atoms with E-state index < -0.39 is 5.97 Å². The normalized spacial score (nSPS) is 11.9. The maximum atomic E-state index is 11.0. The van der Waals surface area contributed by atoms with Crippen LogP contribution >= 0.6 is 0 Å². The van der Waals surface area contributed by atoms with Gasteiger partial charge in [-0.2, -0.15) is 5.10 Å². The van der Waals surface area contributed by atoms with Crippen molar-refractivity contribution in [1.82, 2.24) is 9.78 Å². The summed E-state index contributed by atoms with van der Waals surface area (Å²) in [4.78, 5) is 11.0. The lowest BCUT2D eigenvalue weighted by molar-refractivity contribution is -0.136. The molecule has 1 heterocycles. The predicted octanol–water partition coefficient (Wildman–Crippen LogP) is 2.40. The molecule has 0 saturated carbocycles. The van der Waals surface area contributed by atoms with Crippen LogP contribution < -0.4 is 4.74 Å². The second kappa shape index (κ2) is 5.00. The molecule has 1 aromatic rings. The summed E-state index contributed by atoms with van der Waals surface area (Å²) in [5.41, 5.74) is 1.23. The van der Waals surface area contributed by atoms with E-state index in [2.05, 4.69) is 5.10 Å². The van der Waals surface area contributed by atoms with Crippen molar-refractivity contribution in [2.24, 2.45) is 0 Å². The molecule has 0 aliphatic carbocycles. The van der Waals surface area contributed by atoms with Crippen LogP contribution in [0, 0.1) is 0 Å². The summed E-state index contributed by atoms with van der Waals surface area (Å²) in [6.45, 7) is 10.0. The lowest BCUT2D eigenvalue weighted by atomic mass is 10.0. The van der Waals surface area contributed by atoms with Gasteiger partial charge in [0.15, 0.2) is 0 Å². The fourth-order valence-corrected chi connectivity index (χ4v) is 1.90. The van der Waals surface area contributed by atoms with Gasteiger partial charge in [-0.15, -0.1) is 0 Å². The smallest absolute Gasteiger partial charge is 0.308 e. The number of carbonyl (C=O) groups is 1. The number of carboxylic acids is 1. The van der Waals surface area contributed by atoms with Crippen molar-refractivity contribution in [2.45, 2.75) is 52.5 Å². The number of nitrogens with zero attached hydrogens (tertiary/aromatic N) is 2. The van der Waals surface area contributed by atoms with Crippen molar-refractivity contribution in [3.63, 3.8) is 0 Å². The number of hydrogen-bond donors (Lipinski definition) is 1. The standard InChI is InChI=1S/C13H22N2O3/c1-8(2)11-9(7-10(16)17)12(18-6)15(14-11)13(3,4)5/h8H,7H2,1-6H3,(H,16,17). The third-order valence-electron chi connectivity index (χ3n) is 2.67. The van der Waals surface area contributed by atoms with Gasteiger partial charge in [0.05, 0.1) is 24.8 Å². The topological polar surface area (TPSA) is 64.3 Å².